The normalized spacial score (nSPS) is 13.1. The number of amides is 2. The van der Waals surface area contributed by atoms with E-state index in [0.29, 0.717) is 0 Å². The Kier molecular flexibility index (Phi) is 4.11. The Hall–Kier alpha value is -4.01. The average Bonchev–Trinajstić information content (AvgIpc) is 2.95. The lowest BCUT2D eigenvalue weighted by Gasteiger charge is -2.14. The van der Waals surface area contributed by atoms with Crippen LogP contribution in [0.3, 0.4) is 0 Å². The lowest BCUT2D eigenvalue weighted by atomic mass is 10.1. The summed E-state index contributed by atoms with van der Waals surface area (Å²) in [6.45, 7) is -1.15. The Morgan fingerprint density at radius 2 is 1.43 bits per heavy atom. The molecule has 0 spiro atoms. The van der Waals surface area contributed by atoms with Gasteiger partial charge in [-0.25, -0.2) is 14.4 Å². The molecule has 0 bridgehead atoms. The highest BCUT2D eigenvalue weighted by atomic mass is 16.5. The number of ether oxygens (including phenoxy) is 1. The van der Waals surface area contributed by atoms with E-state index in [2.05, 4.69) is 5.10 Å². The number of hydrogen-bond donors (Lipinski definition) is 1. The zero-order chi connectivity index (χ0) is 19.8. The molecular weight excluding hydrogens is 366 g/mol. The first-order chi connectivity index (χ1) is 13.5. The number of carbonyl (C=O) groups excluding carboxylic acids is 3. The first-order valence-corrected chi connectivity index (χ1v) is 8.30. The summed E-state index contributed by atoms with van der Waals surface area (Å²) in [6.07, 6.45) is 0. The van der Waals surface area contributed by atoms with Crippen LogP contribution in [-0.2, 0) is 16.1 Å². The van der Waals surface area contributed by atoms with E-state index in [9.17, 15) is 24.0 Å². The molecule has 9 heteroatoms. The Morgan fingerprint density at radius 3 is 2.07 bits per heavy atom. The van der Waals surface area contributed by atoms with Gasteiger partial charge in [0, 0.05) is 0 Å². The number of hydrogen-bond acceptors (Lipinski definition) is 6. The van der Waals surface area contributed by atoms with Gasteiger partial charge in [0.1, 0.15) is 6.54 Å². The summed E-state index contributed by atoms with van der Waals surface area (Å²) in [7, 11) is 0. The fourth-order valence-corrected chi connectivity index (χ4v) is 3.03. The van der Waals surface area contributed by atoms with E-state index in [1.54, 1.807) is 24.3 Å². The summed E-state index contributed by atoms with van der Waals surface area (Å²) < 4.78 is 5.80. The summed E-state index contributed by atoms with van der Waals surface area (Å²) in [5, 5.41) is 2.69. The third kappa shape index (κ3) is 2.78. The fraction of sp³-hybridized carbons (Fsp3) is 0.105. The predicted octanol–water partition coefficient (Wildman–Crippen LogP) is 0.487. The molecule has 1 aromatic heterocycles. The summed E-state index contributed by atoms with van der Waals surface area (Å²) in [5.41, 5.74) is -0.617. The van der Waals surface area contributed by atoms with Gasteiger partial charge in [-0.1, -0.05) is 24.3 Å². The van der Waals surface area contributed by atoms with E-state index >= 15 is 0 Å². The SMILES string of the molecule is O=C(Cn1[nH]c(=O)c2ccccc2c1=O)OCN1C(=O)c2ccccc2C1=O. The van der Waals surface area contributed by atoms with Crippen molar-refractivity contribution in [2.75, 3.05) is 6.73 Å². The highest BCUT2D eigenvalue weighted by molar-refractivity contribution is 6.21. The Bertz CT molecular complexity index is 1220. The molecule has 0 radical (unpaired) electrons. The molecule has 1 aliphatic heterocycles. The van der Waals surface area contributed by atoms with Gasteiger partial charge in [0.05, 0.1) is 21.9 Å². The van der Waals surface area contributed by atoms with Crippen molar-refractivity contribution in [3.8, 4) is 0 Å². The number of rotatable bonds is 4. The van der Waals surface area contributed by atoms with Crippen molar-refractivity contribution in [1.29, 1.82) is 0 Å². The number of esters is 1. The second kappa shape index (κ2) is 6.62. The maximum Gasteiger partial charge on any atom is 0.329 e. The molecule has 1 N–H and O–H groups in total. The van der Waals surface area contributed by atoms with Gasteiger partial charge < -0.3 is 4.74 Å². The van der Waals surface area contributed by atoms with Crippen molar-refractivity contribution in [2.45, 2.75) is 6.54 Å². The second-order valence-electron chi connectivity index (χ2n) is 6.11. The number of aromatic nitrogens is 2. The molecule has 0 aliphatic carbocycles. The minimum absolute atomic E-state index is 0.166. The van der Waals surface area contributed by atoms with Gasteiger partial charge in [0.15, 0.2) is 6.73 Å². The van der Waals surface area contributed by atoms with Crippen molar-refractivity contribution in [3.63, 3.8) is 0 Å². The van der Waals surface area contributed by atoms with E-state index in [1.807, 2.05) is 0 Å². The van der Waals surface area contributed by atoms with Gasteiger partial charge in [-0.2, -0.15) is 0 Å². The van der Waals surface area contributed by atoms with E-state index in [4.69, 9.17) is 4.74 Å². The molecule has 0 saturated carbocycles. The smallest absolute Gasteiger partial charge is 0.329 e. The highest BCUT2D eigenvalue weighted by Gasteiger charge is 2.35. The average molecular weight is 379 g/mol. The standard InChI is InChI=1S/C19H13N3O6/c23-15(9-22-19(27)12-6-2-1-5-11(12)16(24)20-22)28-10-21-17(25)13-7-3-4-8-14(13)18(21)26/h1-8H,9-10H2,(H,20,24). The monoisotopic (exact) mass is 379 g/mol. The number of imide groups is 1. The summed E-state index contributed by atoms with van der Waals surface area (Å²) in [6, 6.07) is 12.5. The Labute approximate surface area is 156 Å². The van der Waals surface area contributed by atoms with E-state index in [1.165, 1.54) is 24.3 Å². The molecule has 0 atom stereocenters. The van der Waals surface area contributed by atoms with Crippen LogP contribution in [0, 0.1) is 0 Å². The molecular formula is C19H13N3O6. The van der Waals surface area contributed by atoms with Crippen molar-refractivity contribution < 1.29 is 19.1 Å². The maximum atomic E-state index is 12.4. The number of H-pyrrole nitrogens is 1. The molecule has 2 heterocycles. The van der Waals surface area contributed by atoms with Crippen molar-refractivity contribution in [2.24, 2.45) is 0 Å². The van der Waals surface area contributed by atoms with Crippen LogP contribution < -0.4 is 11.1 Å². The molecule has 28 heavy (non-hydrogen) atoms. The molecule has 2 aromatic carbocycles. The van der Waals surface area contributed by atoms with Crippen molar-refractivity contribution >= 4 is 28.6 Å². The van der Waals surface area contributed by atoms with Gasteiger partial charge in [0.2, 0.25) is 0 Å². The van der Waals surface area contributed by atoms with Crippen LogP contribution in [0.5, 0.6) is 0 Å². The number of fused-ring (bicyclic) bond motifs is 2. The minimum atomic E-state index is -0.885. The molecule has 1 aliphatic rings. The molecule has 3 aromatic rings. The number of carbonyl (C=O) groups is 3. The summed E-state index contributed by atoms with van der Waals surface area (Å²) >= 11 is 0. The quantitative estimate of drug-likeness (QED) is 0.520. The van der Waals surface area contributed by atoms with Gasteiger partial charge in [0.25, 0.3) is 22.9 Å². The maximum absolute atomic E-state index is 12.4. The molecule has 2 amide bonds. The predicted molar refractivity (Wildman–Crippen MR) is 96.7 cm³/mol. The van der Waals surface area contributed by atoms with Crippen LogP contribution in [0.15, 0.2) is 58.1 Å². The molecule has 0 unspecified atom stereocenters. The van der Waals surface area contributed by atoms with Gasteiger partial charge in [-0.05, 0) is 24.3 Å². The molecule has 140 valence electrons. The van der Waals surface area contributed by atoms with Crippen LogP contribution in [0.1, 0.15) is 20.7 Å². The lowest BCUT2D eigenvalue weighted by molar-refractivity contribution is -0.147. The largest absolute Gasteiger partial charge is 0.442 e. The Morgan fingerprint density at radius 1 is 0.857 bits per heavy atom. The number of benzene rings is 2. The van der Waals surface area contributed by atoms with Crippen molar-refractivity contribution in [1.82, 2.24) is 14.7 Å². The van der Waals surface area contributed by atoms with Crippen LogP contribution in [-0.4, -0.2) is 39.2 Å². The topological polar surface area (TPSA) is 119 Å². The van der Waals surface area contributed by atoms with Crippen LogP contribution in [0.4, 0.5) is 0 Å². The zero-order valence-corrected chi connectivity index (χ0v) is 14.4. The second-order valence-corrected chi connectivity index (χ2v) is 6.11. The third-order valence-corrected chi connectivity index (χ3v) is 4.40. The number of nitrogens with one attached hydrogen (secondary N) is 1. The highest BCUT2D eigenvalue weighted by Crippen LogP contribution is 2.22. The molecule has 0 fully saturated rings. The number of aromatic amines is 1. The molecule has 0 saturated heterocycles. The molecule has 9 nitrogen and oxygen atoms in total. The molecule has 4 rings (SSSR count). The summed E-state index contributed by atoms with van der Waals surface area (Å²) in [5.74, 6) is -2.01. The van der Waals surface area contributed by atoms with Crippen molar-refractivity contribution in [3.05, 3.63) is 80.4 Å². The van der Waals surface area contributed by atoms with Crippen LogP contribution in [0.2, 0.25) is 0 Å². The third-order valence-electron chi connectivity index (χ3n) is 4.40. The van der Waals surface area contributed by atoms with E-state index < -0.39 is 42.2 Å². The summed E-state index contributed by atoms with van der Waals surface area (Å²) in [4.78, 5) is 61.8. The fourth-order valence-electron chi connectivity index (χ4n) is 3.03. The van der Waals surface area contributed by atoms with Gasteiger partial charge >= 0.3 is 5.97 Å². The minimum Gasteiger partial charge on any atom is -0.442 e. The number of nitrogens with zero attached hydrogens (tertiary/aromatic N) is 2. The van der Waals surface area contributed by atoms with E-state index in [-0.39, 0.29) is 21.9 Å². The zero-order valence-electron chi connectivity index (χ0n) is 14.4. The first kappa shape index (κ1) is 17.4. The van der Waals surface area contributed by atoms with E-state index in [0.717, 1.165) is 9.58 Å². The first-order valence-electron chi connectivity index (χ1n) is 8.30. The van der Waals surface area contributed by atoms with Crippen LogP contribution >= 0.6 is 0 Å². The van der Waals surface area contributed by atoms with Gasteiger partial charge in [-0.15, -0.1) is 0 Å². The van der Waals surface area contributed by atoms with Gasteiger partial charge in [-0.3, -0.25) is 24.3 Å². The lowest BCUT2D eigenvalue weighted by Crippen LogP contribution is -2.36. The Balaban J connectivity index is 1.49. The van der Waals surface area contributed by atoms with Crippen LogP contribution in [0.25, 0.3) is 10.8 Å².